The number of piperidine rings is 1. The Morgan fingerprint density at radius 1 is 1.28 bits per heavy atom. The summed E-state index contributed by atoms with van der Waals surface area (Å²) in [5, 5.41) is 12.5. The number of nitrogens with one attached hydrogen (secondary N) is 1. The summed E-state index contributed by atoms with van der Waals surface area (Å²) in [6.07, 6.45) is -1.88. The van der Waals surface area contributed by atoms with E-state index in [2.05, 4.69) is 21.2 Å². The van der Waals surface area contributed by atoms with Crippen LogP contribution in [0.1, 0.15) is 36.4 Å². The lowest BCUT2D eigenvalue weighted by atomic mass is 9.93. The number of phenols is 1. The standard InChI is InChI=1S/C12H13BrF3NO/c13-9-5-7(10-3-1-2-4-17-10)8(6-11(9)18)12(14,15)16/h5-6,10,17-18H,1-4H2. The van der Waals surface area contributed by atoms with Crippen molar-refractivity contribution in [1.29, 1.82) is 0 Å². The third kappa shape index (κ3) is 2.80. The first-order valence-electron chi connectivity index (χ1n) is 5.72. The van der Waals surface area contributed by atoms with Crippen LogP contribution in [-0.2, 0) is 6.18 Å². The van der Waals surface area contributed by atoms with E-state index in [1.807, 2.05) is 0 Å². The van der Waals surface area contributed by atoms with Crippen molar-refractivity contribution in [2.45, 2.75) is 31.5 Å². The molecule has 2 nitrogen and oxygen atoms in total. The van der Waals surface area contributed by atoms with Crippen LogP contribution < -0.4 is 5.32 Å². The summed E-state index contributed by atoms with van der Waals surface area (Å²) >= 11 is 3.07. The van der Waals surface area contributed by atoms with E-state index in [9.17, 15) is 18.3 Å². The summed E-state index contributed by atoms with van der Waals surface area (Å²) in [5.41, 5.74) is -0.561. The SMILES string of the molecule is Oc1cc(C(F)(F)F)c(C2CCCCN2)cc1Br. The van der Waals surface area contributed by atoms with Gasteiger partial charge in [0.15, 0.2) is 0 Å². The number of rotatable bonds is 1. The number of hydrogen-bond donors (Lipinski definition) is 2. The molecule has 0 aromatic heterocycles. The zero-order chi connectivity index (χ0) is 13.3. The van der Waals surface area contributed by atoms with Crippen LogP contribution in [-0.4, -0.2) is 11.7 Å². The van der Waals surface area contributed by atoms with Gasteiger partial charge in [-0.3, -0.25) is 0 Å². The highest BCUT2D eigenvalue weighted by atomic mass is 79.9. The van der Waals surface area contributed by atoms with E-state index in [1.54, 1.807) is 0 Å². The van der Waals surface area contributed by atoms with Gasteiger partial charge in [-0.15, -0.1) is 0 Å². The Labute approximate surface area is 111 Å². The largest absolute Gasteiger partial charge is 0.507 e. The van der Waals surface area contributed by atoms with Crippen LogP contribution in [0.4, 0.5) is 13.2 Å². The van der Waals surface area contributed by atoms with Crippen LogP contribution in [0.15, 0.2) is 16.6 Å². The van der Waals surface area contributed by atoms with Crippen LogP contribution >= 0.6 is 15.9 Å². The number of hydrogen-bond acceptors (Lipinski definition) is 2. The Morgan fingerprint density at radius 3 is 2.56 bits per heavy atom. The van der Waals surface area contributed by atoms with Crippen molar-refractivity contribution < 1.29 is 18.3 Å². The maximum Gasteiger partial charge on any atom is 0.416 e. The summed E-state index contributed by atoms with van der Waals surface area (Å²) < 4.78 is 39.2. The lowest BCUT2D eigenvalue weighted by molar-refractivity contribution is -0.138. The predicted molar refractivity (Wildman–Crippen MR) is 65.4 cm³/mol. The average molecular weight is 324 g/mol. The Bertz CT molecular complexity index is 442. The van der Waals surface area contributed by atoms with Crippen LogP contribution in [0.5, 0.6) is 5.75 Å². The molecule has 0 radical (unpaired) electrons. The maximum absolute atomic E-state index is 13.0. The molecule has 0 amide bonds. The molecule has 0 aliphatic carbocycles. The zero-order valence-electron chi connectivity index (χ0n) is 9.52. The van der Waals surface area contributed by atoms with E-state index >= 15 is 0 Å². The molecular weight excluding hydrogens is 311 g/mol. The molecule has 2 rings (SSSR count). The summed E-state index contributed by atoms with van der Waals surface area (Å²) in [6, 6.07) is 1.85. The molecule has 2 N–H and O–H groups in total. The second kappa shape index (κ2) is 5.09. The van der Waals surface area contributed by atoms with E-state index in [-0.39, 0.29) is 21.8 Å². The molecule has 1 fully saturated rings. The van der Waals surface area contributed by atoms with Gasteiger partial charge in [-0.1, -0.05) is 6.42 Å². The van der Waals surface area contributed by atoms with E-state index in [0.717, 1.165) is 25.5 Å². The summed E-state index contributed by atoms with van der Waals surface area (Å²) in [7, 11) is 0. The van der Waals surface area contributed by atoms with E-state index in [0.29, 0.717) is 6.42 Å². The normalized spacial score (nSPS) is 21.0. The first-order chi connectivity index (χ1) is 8.39. The third-order valence-electron chi connectivity index (χ3n) is 3.11. The van der Waals surface area contributed by atoms with Crippen LogP contribution in [0.2, 0.25) is 0 Å². The summed E-state index contributed by atoms with van der Waals surface area (Å²) in [6.45, 7) is 0.723. The van der Waals surface area contributed by atoms with Crippen molar-refractivity contribution in [3.63, 3.8) is 0 Å². The Morgan fingerprint density at radius 2 is 2.00 bits per heavy atom. The third-order valence-corrected chi connectivity index (χ3v) is 3.75. The van der Waals surface area contributed by atoms with E-state index in [4.69, 9.17) is 0 Å². The average Bonchev–Trinajstić information content (AvgIpc) is 2.32. The molecule has 1 saturated heterocycles. The molecule has 6 heteroatoms. The fourth-order valence-corrected chi connectivity index (χ4v) is 2.59. The van der Waals surface area contributed by atoms with Crippen LogP contribution in [0.25, 0.3) is 0 Å². The minimum absolute atomic E-state index is 0.201. The van der Waals surface area contributed by atoms with Crippen molar-refractivity contribution in [1.82, 2.24) is 5.32 Å². The van der Waals surface area contributed by atoms with Gasteiger partial charge in [0.05, 0.1) is 10.0 Å². The summed E-state index contributed by atoms with van der Waals surface area (Å²) in [5.74, 6) is -0.387. The Kier molecular flexibility index (Phi) is 3.87. The smallest absolute Gasteiger partial charge is 0.416 e. The minimum Gasteiger partial charge on any atom is -0.507 e. The molecule has 1 aliphatic rings. The van der Waals surface area contributed by atoms with Gasteiger partial charge in [-0.2, -0.15) is 13.2 Å². The molecular formula is C12H13BrF3NO. The second-order valence-corrected chi connectivity index (χ2v) is 5.25. The van der Waals surface area contributed by atoms with Crippen molar-refractivity contribution in [3.05, 3.63) is 27.7 Å². The molecule has 0 spiro atoms. The molecule has 100 valence electrons. The maximum atomic E-state index is 13.0. The molecule has 1 aliphatic heterocycles. The quantitative estimate of drug-likeness (QED) is 0.819. The molecule has 0 bridgehead atoms. The van der Waals surface area contributed by atoms with Gasteiger partial charge in [0.25, 0.3) is 0 Å². The lowest BCUT2D eigenvalue weighted by Gasteiger charge is -2.27. The number of aromatic hydroxyl groups is 1. The highest BCUT2D eigenvalue weighted by Crippen LogP contribution is 2.41. The lowest BCUT2D eigenvalue weighted by Crippen LogP contribution is -2.28. The van der Waals surface area contributed by atoms with Crippen molar-refractivity contribution in [3.8, 4) is 5.75 Å². The predicted octanol–water partition coefficient (Wildman–Crippen LogP) is 3.99. The van der Waals surface area contributed by atoms with Gasteiger partial charge in [-0.05, 0) is 53.0 Å². The highest BCUT2D eigenvalue weighted by Gasteiger charge is 2.36. The first kappa shape index (κ1) is 13.7. The van der Waals surface area contributed by atoms with Gasteiger partial charge >= 0.3 is 6.18 Å². The highest BCUT2D eigenvalue weighted by molar-refractivity contribution is 9.10. The van der Waals surface area contributed by atoms with Crippen molar-refractivity contribution in [2.24, 2.45) is 0 Å². The number of halogens is 4. The number of phenolic OH excluding ortho intramolecular Hbond substituents is 1. The van der Waals surface area contributed by atoms with E-state index in [1.165, 1.54) is 6.07 Å². The van der Waals surface area contributed by atoms with E-state index < -0.39 is 11.7 Å². The molecule has 1 aromatic rings. The molecule has 0 saturated carbocycles. The fourth-order valence-electron chi connectivity index (χ4n) is 2.23. The minimum atomic E-state index is -4.45. The Balaban J connectivity index is 2.46. The molecule has 18 heavy (non-hydrogen) atoms. The number of benzene rings is 1. The van der Waals surface area contributed by atoms with Crippen LogP contribution in [0, 0.1) is 0 Å². The first-order valence-corrected chi connectivity index (χ1v) is 6.52. The summed E-state index contributed by atoms with van der Waals surface area (Å²) in [4.78, 5) is 0. The van der Waals surface area contributed by atoms with Crippen molar-refractivity contribution >= 4 is 15.9 Å². The topological polar surface area (TPSA) is 32.3 Å². The van der Waals surface area contributed by atoms with Gasteiger partial charge < -0.3 is 10.4 Å². The monoisotopic (exact) mass is 323 g/mol. The molecule has 1 unspecified atom stereocenters. The molecule has 1 atom stereocenters. The van der Waals surface area contributed by atoms with Gasteiger partial charge in [0.2, 0.25) is 0 Å². The number of alkyl halides is 3. The molecule has 1 heterocycles. The Hall–Kier alpha value is -0.750. The molecule has 1 aromatic carbocycles. The fraction of sp³-hybridized carbons (Fsp3) is 0.500. The zero-order valence-corrected chi connectivity index (χ0v) is 11.1. The second-order valence-electron chi connectivity index (χ2n) is 4.39. The van der Waals surface area contributed by atoms with Crippen molar-refractivity contribution in [2.75, 3.05) is 6.54 Å². The van der Waals surface area contributed by atoms with Gasteiger partial charge in [0.1, 0.15) is 5.75 Å². The van der Waals surface area contributed by atoms with Gasteiger partial charge in [-0.25, -0.2) is 0 Å². The van der Waals surface area contributed by atoms with Crippen LogP contribution in [0.3, 0.4) is 0 Å². The van der Waals surface area contributed by atoms with Gasteiger partial charge in [0, 0.05) is 6.04 Å².